The quantitative estimate of drug-likeness (QED) is 0.513. The number of aliphatic imine (C=N–C) groups is 1. The minimum Gasteiger partial charge on any atom is -0.308 e. The van der Waals surface area contributed by atoms with Crippen LogP contribution in [-0.2, 0) is 0 Å². The Hall–Kier alpha value is -3.12. The van der Waals surface area contributed by atoms with Crippen molar-refractivity contribution in [1.82, 2.24) is 14.5 Å². The normalized spacial score (nSPS) is 12.6. The van der Waals surface area contributed by atoms with E-state index < -0.39 is 5.82 Å². The summed E-state index contributed by atoms with van der Waals surface area (Å²) in [5, 5.41) is 0.0496. The third kappa shape index (κ3) is 4.66. The zero-order valence-electron chi connectivity index (χ0n) is 16.1. The van der Waals surface area contributed by atoms with Crippen molar-refractivity contribution in [3.63, 3.8) is 0 Å². The summed E-state index contributed by atoms with van der Waals surface area (Å²) in [5.41, 5.74) is 2.44. The minimum atomic E-state index is -0.513. The number of nitrogens with zero attached hydrogens (tertiary/aromatic N) is 4. The predicted octanol–water partition coefficient (Wildman–Crippen LogP) is 5.38. The molecule has 7 heteroatoms. The lowest BCUT2D eigenvalue weighted by molar-refractivity contribution is 0.593. The first-order valence-corrected chi connectivity index (χ1v) is 9.51. The van der Waals surface area contributed by atoms with Gasteiger partial charge in [-0.15, -0.1) is 0 Å². The highest BCUT2D eigenvalue weighted by molar-refractivity contribution is 6.30. The standard InChI is InChI=1S/C22H20ClFN4O/c1-4-17(5-2)26-22-25-10-8-20(27-22)16-9-11-28(21(29)13-16)14(3)15-6-7-18(23)19(24)12-15/h4,6-14H,1,5H2,2-3H3. The van der Waals surface area contributed by atoms with Gasteiger partial charge in [0.15, 0.2) is 0 Å². The lowest BCUT2D eigenvalue weighted by atomic mass is 10.1. The molecule has 148 valence electrons. The highest BCUT2D eigenvalue weighted by Crippen LogP contribution is 2.23. The van der Waals surface area contributed by atoms with Gasteiger partial charge < -0.3 is 4.57 Å². The molecule has 0 spiro atoms. The van der Waals surface area contributed by atoms with E-state index in [2.05, 4.69) is 21.5 Å². The smallest absolute Gasteiger partial charge is 0.251 e. The zero-order chi connectivity index (χ0) is 21.0. The third-order valence-electron chi connectivity index (χ3n) is 4.57. The SMILES string of the molecule is C=CC(CC)=Nc1nccc(-c2ccn(C(C)c3ccc(Cl)c(F)c3)c(=O)c2)n1. The maximum absolute atomic E-state index is 13.8. The first-order chi connectivity index (χ1) is 13.9. The molecule has 1 atom stereocenters. The molecule has 5 nitrogen and oxygen atoms in total. The fraction of sp³-hybridized carbons (Fsp3) is 0.182. The molecule has 0 N–H and O–H groups in total. The number of rotatable bonds is 6. The third-order valence-corrected chi connectivity index (χ3v) is 4.88. The van der Waals surface area contributed by atoms with Gasteiger partial charge in [-0.05, 0) is 49.2 Å². The topological polar surface area (TPSA) is 60.1 Å². The van der Waals surface area contributed by atoms with Crippen LogP contribution in [0.5, 0.6) is 0 Å². The van der Waals surface area contributed by atoms with Crippen LogP contribution in [0.25, 0.3) is 11.3 Å². The van der Waals surface area contributed by atoms with Gasteiger partial charge in [0.1, 0.15) is 5.82 Å². The van der Waals surface area contributed by atoms with E-state index in [9.17, 15) is 9.18 Å². The average molecular weight is 411 g/mol. The Kier molecular flexibility index (Phi) is 6.34. The molecule has 2 aromatic heterocycles. The molecule has 0 aliphatic rings. The number of halogens is 2. The highest BCUT2D eigenvalue weighted by Gasteiger charge is 2.13. The summed E-state index contributed by atoms with van der Waals surface area (Å²) < 4.78 is 15.3. The van der Waals surface area contributed by atoms with Gasteiger partial charge in [-0.2, -0.15) is 0 Å². The largest absolute Gasteiger partial charge is 0.308 e. The first kappa shape index (κ1) is 20.6. The monoisotopic (exact) mass is 410 g/mol. The van der Waals surface area contributed by atoms with Crippen LogP contribution < -0.4 is 5.56 Å². The van der Waals surface area contributed by atoms with E-state index in [1.165, 1.54) is 22.8 Å². The van der Waals surface area contributed by atoms with Crippen molar-refractivity contribution in [3.8, 4) is 11.3 Å². The van der Waals surface area contributed by atoms with E-state index in [1.54, 1.807) is 36.7 Å². The van der Waals surface area contributed by atoms with Crippen molar-refractivity contribution in [1.29, 1.82) is 0 Å². The van der Waals surface area contributed by atoms with Gasteiger partial charge in [0.25, 0.3) is 5.56 Å². The van der Waals surface area contributed by atoms with Gasteiger partial charge in [-0.25, -0.2) is 19.4 Å². The maximum Gasteiger partial charge on any atom is 0.251 e. The van der Waals surface area contributed by atoms with E-state index in [0.29, 0.717) is 22.8 Å². The second-order valence-corrected chi connectivity index (χ2v) is 6.82. The second kappa shape index (κ2) is 8.92. The summed E-state index contributed by atoms with van der Waals surface area (Å²) in [7, 11) is 0. The van der Waals surface area contributed by atoms with Crippen LogP contribution in [0.15, 0.2) is 71.2 Å². The van der Waals surface area contributed by atoms with Gasteiger partial charge >= 0.3 is 0 Å². The molecule has 1 unspecified atom stereocenters. The molecule has 0 amide bonds. The predicted molar refractivity (Wildman–Crippen MR) is 115 cm³/mol. The molecule has 29 heavy (non-hydrogen) atoms. The van der Waals surface area contributed by atoms with E-state index in [0.717, 1.165) is 12.1 Å². The van der Waals surface area contributed by atoms with Gasteiger partial charge in [0.05, 0.1) is 16.8 Å². The van der Waals surface area contributed by atoms with E-state index in [4.69, 9.17) is 11.6 Å². The van der Waals surface area contributed by atoms with Crippen LogP contribution in [0, 0.1) is 5.82 Å². The van der Waals surface area contributed by atoms with Crippen molar-refractivity contribution in [2.75, 3.05) is 0 Å². The number of hydrogen-bond acceptors (Lipinski definition) is 4. The van der Waals surface area contributed by atoms with Gasteiger partial charge in [-0.3, -0.25) is 4.79 Å². The van der Waals surface area contributed by atoms with Crippen LogP contribution in [0.4, 0.5) is 10.3 Å². The van der Waals surface area contributed by atoms with Crippen molar-refractivity contribution in [3.05, 3.63) is 88.2 Å². The number of hydrogen-bond donors (Lipinski definition) is 0. The Morgan fingerprint density at radius 3 is 2.79 bits per heavy atom. The van der Waals surface area contributed by atoms with Crippen LogP contribution >= 0.6 is 11.6 Å². The van der Waals surface area contributed by atoms with Crippen molar-refractivity contribution < 1.29 is 4.39 Å². The van der Waals surface area contributed by atoms with E-state index >= 15 is 0 Å². The number of pyridine rings is 1. The number of benzene rings is 1. The van der Waals surface area contributed by atoms with Crippen LogP contribution in [0.1, 0.15) is 31.9 Å². The van der Waals surface area contributed by atoms with Gasteiger partial charge in [0, 0.05) is 29.7 Å². The van der Waals surface area contributed by atoms with Crippen LogP contribution in [-0.4, -0.2) is 20.2 Å². The average Bonchev–Trinajstić information content (AvgIpc) is 2.73. The summed E-state index contributed by atoms with van der Waals surface area (Å²) in [6, 6.07) is 9.17. The molecule has 0 saturated carbocycles. The van der Waals surface area contributed by atoms with Crippen molar-refractivity contribution >= 4 is 23.3 Å². The van der Waals surface area contributed by atoms with E-state index in [-0.39, 0.29) is 16.6 Å². The maximum atomic E-state index is 13.8. The highest BCUT2D eigenvalue weighted by atomic mass is 35.5. The molecular weight excluding hydrogens is 391 g/mol. The minimum absolute atomic E-state index is 0.0496. The summed E-state index contributed by atoms with van der Waals surface area (Å²) in [5.74, 6) is -0.200. The molecule has 3 rings (SSSR count). The fourth-order valence-electron chi connectivity index (χ4n) is 2.86. The number of aromatic nitrogens is 3. The Morgan fingerprint density at radius 1 is 1.34 bits per heavy atom. The molecule has 3 aromatic rings. The summed E-state index contributed by atoms with van der Waals surface area (Å²) in [6.45, 7) is 7.51. The second-order valence-electron chi connectivity index (χ2n) is 6.41. The Bertz CT molecular complexity index is 1140. The Balaban J connectivity index is 1.94. The van der Waals surface area contributed by atoms with Crippen LogP contribution in [0.3, 0.4) is 0 Å². The molecule has 0 bridgehead atoms. The molecule has 1 aromatic carbocycles. The molecule has 0 radical (unpaired) electrons. The molecule has 0 aliphatic carbocycles. The summed E-state index contributed by atoms with van der Waals surface area (Å²) in [6.07, 6.45) is 5.65. The zero-order valence-corrected chi connectivity index (χ0v) is 16.9. The Labute approximate surface area is 173 Å². The molecular formula is C22H20ClFN4O. The van der Waals surface area contributed by atoms with Crippen molar-refractivity contribution in [2.45, 2.75) is 26.3 Å². The lowest BCUT2D eigenvalue weighted by Gasteiger charge is -2.16. The van der Waals surface area contributed by atoms with Crippen molar-refractivity contribution in [2.24, 2.45) is 4.99 Å². The molecule has 0 saturated heterocycles. The summed E-state index contributed by atoms with van der Waals surface area (Å²) >= 11 is 5.74. The molecule has 0 aliphatic heterocycles. The lowest BCUT2D eigenvalue weighted by Crippen LogP contribution is -2.22. The molecule has 2 heterocycles. The first-order valence-electron chi connectivity index (χ1n) is 9.13. The fourth-order valence-corrected chi connectivity index (χ4v) is 2.98. The van der Waals surface area contributed by atoms with Gasteiger partial charge in [-0.1, -0.05) is 31.2 Å². The molecule has 0 fully saturated rings. The Morgan fingerprint density at radius 2 is 2.14 bits per heavy atom. The number of allylic oxidation sites excluding steroid dienone is 1. The summed E-state index contributed by atoms with van der Waals surface area (Å²) in [4.78, 5) is 25.6. The van der Waals surface area contributed by atoms with E-state index in [1.807, 2.05) is 13.8 Å². The van der Waals surface area contributed by atoms with Gasteiger partial charge in [0.2, 0.25) is 5.95 Å². The van der Waals surface area contributed by atoms with Crippen LogP contribution in [0.2, 0.25) is 5.02 Å².